The van der Waals surface area contributed by atoms with Crippen molar-refractivity contribution in [3.8, 4) is 0 Å². The monoisotopic (exact) mass is 282 g/mol. The molecule has 4 aromatic heterocycles. The van der Waals surface area contributed by atoms with Gasteiger partial charge in [-0.1, -0.05) is 0 Å². The first-order valence-corrected chi connectivity index (χ1v) is 7.44. The molecule has 0 aliphatic heterocycles. The lowest BCUT2D eigenvalue weighted by molar-refractivity contribution is -0.510. The average molecular weight is 282 g/mol. The van der Waals surface area contributed by atoms with Crippen LogP contribution in [0.4, 0.5) is 0 Å². The summed E-state index contributed by atoms with van der Waals surface area (Å²) in [6, 6.07) is 21.6. The summed E-state index contributed by atoms with van der Waals surface area (Å²) in [6.07, 6.45) is 8.58. The first-order valence-electron chi connectivity index (χ1n) is 7.44. The molecule has 0 N–H and O–H groups in total. The first kappa shape index (κ1) is 11.6. The van der Waals surface area contributed by atoms with E-state index in [2.05, 4.69) is 94.3 Å². The summed E-state index contributed by atoms with van der Waals surface area (Å²) >= 11 is 0. The second kappa shape index (κ2) is 4.25. The second-order valence-electron chi connectivity index (χ2n) is 5.72. The van der Waals surface area contributed by atoms with Crippen LogP contribution in [0.2, 0.25) is 0 Å². The van der Waals surface area contributed by atoms with Gasteiger partial charge in [-0.15, -0.1) is 0 Å². The van der Waals surface area contributed by atoms with E-state index in [-0.39, 0.29) is 0 Å². The summed E-state index contributed by atoms with van der Waals surface area (Å²) in [5, 5.41) is 5.07. The predicted molar refractivity (Wildman–Crippen MR) is 87.8 cm³/mol. The molecule has 2 nitrogen and oxygen atoms in total. The van der Waals surface area contributed by atoms with E-state index >= 15 is 0 Å². The molecule has 0 bridgehead atoms. The van der Waals surface area contributed by atoms with Gasteiger partial charge in [-0.25, -0.2) is 0 Å². The summed E-state index contributed by atoms with van der Waals surface area (Å²) in [5.74, 6) is 0. The van der Waals surface area contributed by atoms with Crippen molar-refractivity contribution in [1.82, 2.24) is 0 Å². The van der Waals surface area contributed by atoms with E-state index in [0.29, 0.717) is 0 Å². The molecule has 0 saturated heterocycles. The molecule has 102 valence electrons. The Bertz CT molecular complexity index is 992. The average Bonchev–Trinajstić information content (AvgIpc) is 2.56. The van der Waals surface area contributed by atoms with Gasteiger partial charge in [0.2, 0.25) is 11.0 Å². The first-order chi connectivity index (χ1) is 10.9. The number of nitrogens with zero attached hydrogens (tertiary/aromatic N) is 2. The van der Waals surface area contributed by atoms with Gasteiger partial charge in [-0.3, -0.25) is 0 Å². The Morgan fingerprint density at radius 3 is 1.55 bits per heavy atom. The topological polar surface area (TPSA) is 8.20 Å². The second-order valence-corrected chi connectivity index (χ2v) is 5.72. The molecule has 0 amide bonds. The summed E-state index contributed by atoms with van der Waals surface area (Å²) in [7, 11) is 0. The fourth-order valence-corrected chi connectivity index (χ4v) is 3.18. The van der Waals surface area contributed by atoms with Crippen molar-refractivity contribution in [1.29, 1.82) is 0 Å². The van der Waals surface area contributed by atoms with Gasteiger partial charge in [0.25, 0.3) is 0 Å². The Morgan fingerprint density at radius 2 is 1.00 bits per heavy atom. The van der Waals surface area contributed by atoms with Crippen LogP contribution in [0.1, 0.15) is 0 Å². The van der Waals surface area contributed by atoms with Gasteiger partial charge in [0.05, 0.1) is 0 Å². The maximum atomic E-state index is 2.28. The van der Waals surface area contributed by atoms with Crippen LogP contribution in [0, 0.1) is 0 Å². The maximum Gasteiger partial charge on any atom is 0.211 e. The number of fused-ring (bicyclic) bond motifs is 4. The molecule has 0 spiro atoms. The molecule has 0 unspecified atom stereocenters. The van der Waals surface area contributed by atoms with Crippen molar-refractivity contribution in [2.24, 2.45) is 0 Å². The molecular weight excluding hydrogens is 268 g/mol. The van der Waals surface area contributed by atoms with Crippen molar-refractivity contribution >= 4 is 32.6 Å². The lowest BCUT2D eigenvalue weighted by Gasteiger charge is -2.01. The zero-order valence-electron chi connectivity index (χ0n) is 12.0. The van der Waals surface area contributed by atoms with Crippen LogP contribution in [0.15, 0.2) is 85.5 Å². The molecule has 0 saturated carbocycles. The number of hydrogen-bond donors (Lipinski definition) is 0. The largest absolute Gasteiger partial charge is 0.211 e. The van der Waals surface area contributed by atoms with Crippen molar-refractivity contribution in [3.63, 3.8) is 0 Å². The maximum absolute atomic E-state index is 2.28. The van der Waals surface area contributed by atoms with Gasteiger partial charge in [0.1, 0.15) is 0 Å². The highest BCUT2D eigenvalue weighted by Gasteiger charge is 2.09. The number of hydrogen-bond acceptors (Lipinski definition) is 0. The van der Waals surface area contributed by atoms with Crippen molar-refractivity contribution in [2.45, 2.75) is 0 Å². The van der Waals surface area contributed by atoms with E-state index in [0.717, 1.165) is 0 Å². The Kier molecular flexibility index (Phi) is 2.25. The minimum Gasteiger partial charge on any atom is -0.167 e. The Morgan fingerprint density at radius 1 is 0.500 bits per heavy atom. The predicted octanol–water partition coefficient (Wildman–Crippen LogP) is 3.47. The molecule has 5 aromatic rings. The lowest BCUT2D eigenvalue weighted by Crippen LogP contribution is -2.20. The van der Waals surface area contributed by atoms with Crippen molar-refractivity contribution in [3.05, 3.63) is 85.5 Å². The van der Waals surface area contributed by atoms with Crippen molar-refractivity contribution < 1.29 is 8.80 Å². The highest BCUT2D eigenvalue weighted by atomic mass is 14.8. The highest BCUT2D eigenvalue weighted by molar-refractivity contribution is 5.98. The summed E-state index contributed by atoms with van der Waals surface area (Å²) in [6.45, 7) is 0. The Labute approximate surface area is 127 Å². The van der Waals surface area contributed by atoms with Gasteiger partial charge in [0, 0.05) is 47.2 Å². The zero-order chi connectivity index (χ0) is 14.5. The van der Waals surface area contributed by atoms with E-state index in [1.165, 1.54) is 32.6 Å². The third kappa shape index (κ3) is 1.67. The van der Waals surface area contributed by atoms with Gasteiger partial charge in [0.15, 0.2) is 24.8 Å². The quantitative estimate of drug-likeness (QED) is 0.304. The Hall–Kier alpha value is -3.00. The molecule has 2 heteroatoms. The minimum absolute atomic E-state index is 1.21. The van der Waals surface area contributed by atoms with Crippen LogP contribution in [0.25, 0.3) is 32.6 Å². The summed E-state index contributed by atoms with van der Waals surface area (Å²) in [5.41, 5.74) is 2.43. The SMILES string of the molecule is c1cc[n+]2cc3cc4c[n+]5ccccc5cc4cc3cc2c1. The standard InChI is InChI=1S/C20H14N2/c1-3-7-21-13-17-10-18-14-22-8-4-2-6-20(22)12-16(18)9-15(17)11-19(21)5-1/h1-14H/q+2. The van der Waals surface area contributed by atoms with E-state index in [1.807, 2.05) is 0 Å². The van der Waals surface area contributed by atoms with E-state index < -0.39 is 0 Å². The van der Waals surface area contributed by atoms with Crippen LogP contribution in [-0.2, 0) is 0 Å². The van der Waals surface area contributed by atoms with Crippen LogP contribution in [-0.4, -0.2) is 0 Å². The number of pyridine rings is 4. The molecule has 22 heavy (non-hydrogen) atoms. The molecule has 5 rings (SSSR count). The van der Waals surface area contributed by atoms with Crippen molar-refractivity contribution in [2.75, 3.05) is 0 Å². The van der Waals surface area contributed by atoms with Crippen LogP contribution in [0.5, 0.6) is 0 Å². The number of rotatable bonds is 0. The minimum atomic E-state index is 1.21. The molecule has 0 atom stereocenters. The normalized spacial score (nSPS) is 11.6. The Balaban J connectivity index is 1.93. The van der Waals surface area contributed by atoms with E-state index in [1.54, 1.807) is 0 Å². The molecular formula is C20H14N2+2. The van der Waals surface area contributed by atoms with Gasteiger partial charge in [-0.05, 0) is 35.0 Å². The third-order valence-corrected chi connectivity index (χ3v) is 4.30. The fourth-order valence-electron chi connectivity index (χ4n) is 3.18. The van der Waals surface area contributed by atoms with Crippen LogP contribution >= 0.6 is 0 Å². The molecule has 0 aliphatic rings. The van der Waals surface area contributed by atoms with Gasteiger partial charge in [-0.2, -0.15) is 8.80 Å². The highest BCUT2D eigenvalue weighted by Crippen LogP contribution is 2.22. The molecule has 1 aromatic carbocycles. The summed E-state index contributed by atoms with van der Waals surface area (Å²) < 4.78 is 4.34. The van der Waals surface area contributed by atoms with Gasteiger partial charge >= 0.3 is 0 Å². The lowest BCUT2D eigenvalue weighted by atomic mass is 10.1. The molecule has 4 heterocycles. The number of aromatic nitrogens is 2. The molecule has 0 aliphatic carbocycles. The van der Waals surface area contributed by atoms with E-state index in [9.17, 15) is 0 Å². The van der Waals surface area contributed by atoms with E-state index in [4.69, 9.17) is 0 Å². The zero-order valence-corrected chi connectivity index (χ0v) is 12.0. The smallest absolute Gasteiger partial charge is 0.167 e. The fraction of sp³-hybridized carbons (Fsp3) is 0. The third-order valence-electron chi connectivity index (χ3n) is 4.30. The van der Waals surface area contributed by atoms with Crippen LogP contribution < -0.4 is 8.80 Å². The van der Waals surface area contributed by atoms with Crippen LogP contribution in [0.3, 0.4) is 0 Å². The molecule has 0 fully saturated rings. The molecule has 0 radical (unpaired) electrons. The summed E-state index contributed by atoms with van der Waals surface area (Å²) in [4.78, 5) is 0. The van der Waals surface area contributed by atoms with Gasteiger partial charge < -0.3 is 0 Å². The number of benzene rings is 1.